The van der Waals surface area contributed by atoms with Gasteiger partial charge in [0.25, 0.3) is 5.78 Å². The number of benzene rings is 4. The van der Waals surface area contributed by atoms with Crippen LogP contribution in [0.5, 0.6) is 5.75 Å². The average molecular weight is 689 g/mol. The lowest BCUT2D eigenvalue weighted by atomic mass is 9.93. The Morgan fingerprint density at radius 1 is 0.957 bits per heavy atom. The number of Topliss-reactive ketones (excluding diaryl/α,β-unsaturated/α-hetero) is 1. The van der Waals surface area contributed by atoms with Crippen molar-refractivity contribution in [3.63, 3.8) is 0 Å². The average Bonchev–Trinajstić information content (AvgIpc) is 3.62. The molecule has 0 spiro atoms. The molecule has 0 aliphatic carbocycles. The number of halogens is 2. The van der Waals surface area contributed by atoms with Crippen LogP contribution in [-0.2, 0) is 21.9 Å². The van der Waals surface area contributed by atoms with Gasteiger partial charge >= 0.3 is 5.91 Å². The fraction of sp³-hybridized carbons (Fsp3) is 0.143. The molecule has 1 aliphatic heterocycles. The van der Waals surface area contributed by atoms with E-state index in [4.69, 9.17) is 27.9 Å². The number of carbonyl (C=O) groups excluding carboxylic acids is 2. The molecule has 6 rings (SSSR count). The number of rotatable bonds is 9. The van der Waals surface area contributed by atoms with E-state index in [1.54, 1.807) is 42.5 Å². The van der Waals surface area contributed by atoms with Gasteiger partial charge in [-0.15, -0.1) is 10.2 Å². The van der Waals surface area contributed by atoms with E-state index in [1.807, 2.05) is 62.4 Å². The number of nitrogens with zero attached hydrogens (tertiary/aromatic N) is 3. The monoisotopic (exact) mass is 687 g/mol. The first-order chi connectivity index (χ1) is 22.2. The number of aryl methyl sites for hydroxylation is 2. The van der Waals surface area contributed by atoms with Crippen molar-refractivity contribution in [1.82, 2.24) is 10.2 Å². The lowest BCUT2D eigenvalue weighted by molar-refractivity contribution is -0.132. The highest BCUT2D eigenvalue weighted by Crippen LogP contribution is 2.45. The highest BCUT2D eigenvalue weighted by atomic mass is 35.5. The first-order valence-corrected chi connectivity index (χ1v) is 16.8. The topological polar surface area (TPSA) is 92.6 Å². The highest BCUT2D eigenvalue weighted by Gasteiger charge is 2.48. The Morgan fingerprint density at radius 2 is 1.72 bits per heavy atom. The molecule has 232 valence electrons. The van der Waals surface area contributed by atoms with Gasteiger partial charge < -0.3 is 9.84 Å². The van der Waals surface area contributed by atoms with Crippen LogP contribution in [0.15, 0.2) is 101 Å². The first kappa shape index (κ1) is 31.8. The highest BCUT2D eigenvalue weighted by molar-refractivity contribution is 8.00. The number of anilines is 1. The number of ketones is 1. The Bertz CT molecular complexity index is 1960. The summed E-state index contributed by atoms with van der Waals surface area (Å²) < 4.78 is 6.55. The van der Waals surface area contributed by atoms with Gasteiger partial charge in [-0.1, -0.05) is 113 Å². The van der Waals surface area contributed by atoms with Crippen molar-refractivity contribution in [2.75, 3.05) is 4.90 Å². The van der Waals surface area contributed by atoms with Crippen molar-refractivity contribution in [2.24, 2.45) is 0 Å². The number of hydrogen-bond acceptors (Lipinski definition) is 8. The fourth-order valence-electron chi connectivity index (χ4n) is 5.10. The molecule has 7 nitrogen and oxygen atoms in total. The number of thioether (sulfide) groups is 1. The second kappa shape index (κ2) is 13.7. The normalized spacial score (nSPS) is 15.8. The molecule has 0 saturated carbocycles. The fourth-order valence-corrected chi connectivity index (χ4v) is 7.53. The molecule has 0 radical (unpaired) electrons. The molecule has 1 atom stereocenters. The van der Waals surface area contributed by atoms with Gasteiger partial charge in [-0.25, -0.2) is 0 Å². The van der Waals surface area contributed by atoms with E-state index in [-0.39, 0.29) is 16.5 Å². The molecule has 11 heteroatoms. The summed E-state index contributed by atoms with van der Waals surface area (Å²) in [5, 5.41) is 21.5. The summed E-state index contributed by atoms with van der Waals surface area (Å²) in [6.45, 7) is 4.13. The van der Waals surface area contributed by atoms with E-state index in [0.717, 1.165) is 22.3 Å². The van der Waals surface area contributed by atoms with E-state index in [1.165, 1.54) is 28.0 Å². The maximum absolute atomic E-state index is 13.7. The molecule has 1 fully saturated rings. The molecule has 46 heavy (non-hydrogen) atoms. The molecule has 5 aromatic rings. The maximum atomic E-state index is 13.7. The summed E-state index contributed by atoms with van der Waals surface area (Å²) in [6, 6.07) is 26.9. The molecule has 2 heterocycles. The second-order valence-corrected chi connectivity index (χ2v) is 13.7. The summed E-state index contributed by atoms with van der Waals surface area (Å²) in [5.74, 6) is -0.716. The van der Waals surface area contributed by atoms with Crippen LogP contribution in [0.25, 0.3) is 5.76 Å². The Kier molecular flexibility index (Phi) is 9.47. The third kappa shape index (κ3) is 6.69. The molecule has 4 aromatic carbocycles. The number of ether oxygens (including phenoxy) is 1. The number of amides is 1. The number of carbonyl (C=O) groups is 2. The van der Waals surface area contributed by atoms with Gasteiger partial charge in [-0.3, -0.25) is 14.5 Å². The van der Waals surface area contributed by atoms with Gasteiger partial charge in [-0.05, 0) is 66.4 Å². The SMILES string of the molecule is Cc1ccc(C)c(/C(O)=C2\C(=O)C(=O)N(c3nnc(SCc4ccc(Cl)cc4Cl)s3)C2c2ccc(OCc3ccccc3)cc2)c1. The molecule has 1 amide bonds. The molecule has 1 aliphatic rings. The van der Waals surface area contributed by atoms with Crippen LogP contribution in [0.3, 0.4) is 0 Å². The zero-order valence-electron chi connectivity index (χ0n) is 24.7. The second-order valence-electron chi connectivity index (χ2n) is 10.7. The number of aliphatic hydroxyl groups is 1. The minimum atomic E-state index is -0.945. The van der Waals surface area contributed by atoms with Gasteiger partial charge in [0.2, 0.25) is 5.13 Å². The predicted molar refractivity (Wildman–Crippen MR) is 184 cm³/mol. The van der Waals surface area contributed by atoms with Crippen LogP contribution >= 0.6 is 46.3 Å². The Balaban J connectivity index is 1.35. The van der Waals surface area contributed by atoms with Crippen LogP contribution in [0, 0.1) is 13.8 Å². The summed E-state index contributed by atoms with van der Waals surface area (Å²) in [6.07, 6.45) is 0. The van der Waals surface area contributed by atoms with Crippen LogP contribution in [-0.4, -0.2) is 27.0 Å². The minimum Gasteiger partial charge on any atom is -0.507 e. The van der Waals surface area contributed by atoms with Crippen LogP contribution in [0.2, 0.25) is 10.0 Å². The minimum absolute atomic E-state index is 0.0194. The van der Waals surface area contributed by atoms with E-state index in [0.29, 0.717) is 43.6 Å². The summed E-state index contributed by atoms with van der Waals surface area (Å²) in [7, 11) is 0. The van der Waals surface area contributed by atoms with E-state index < -0.39 is 17.7 Å². The number of aliphatic hydroxyl groups excluding tert-OH is 1. The van der Waals surface area contributed by atoms with Crippen molar-refractivity contribution in [2.45, 2.75) is 36.6 Å². The molecular formula is C35H27Cl2N3O4S2. The van der Waals surface area contributed by atoms with Crippen LogP contribution in [0.1, 0.15) is 39.4 Å². The number of hydrogen-bond donors (Lipinski definition) is 1. The lowest BCUT2D eigenvalue weighted by Crippen LogP contribution is -2.29. The summed E-state index contributed by atoms with van der Waals surface area (Å²) >= 11 is 15.0. The third-order valence-electron chi connectivity index (χ3n) is 7.50. The first-order valence-electron chi connectivity index (χ1n) is 14.2. The summed E-state index contributed by atoms with van der Waals surface area (Å²) in [4.78, 5) is 28.7. The lowest BCUT2D eigenvalue weighted by Gasteiger charge is -2.23. The molecule has 1 aromatic heterocycles. The van der Waals surface area contributed by atoms with Crippen LogP contribution < -0.4 is 9.64 Å². The Hall–Kier alpha value is -4.15. The molecule has 1 unspecified atom stereocenters. The van der Waals surface area contributed by atoms with Crippen molar-refractivity contribution < 1.29 is 19.4 Å². The Morgan fingerprint density at radius 3 is 2.46 bits per heavy atom. The van der Waals surface area contributed by atoms with Gasteiger partial charge in [0.1, 0.15) is 18.1 Å². The quantitative estimate of drug-likeness (QED) is 0.0544. The van der Waals surface area contributed by atoms with Crippen LogP contribution in [0.4, 0.5) is 5.13 Å². The molecule has 1 N–H and O–H groups in total. The van der Waals surface area contributed by atoms with E-state index in [2.05, 4.69) is 10.2 Å². The summed E-state index contributed by atoms with van der Waals surface area (Å²) in [5.41, 5.74) is 4.65. The number of aromatic nitrogens is 2. The standard InChI is InChI=1S/C35H27Cl2N3O4S2/c1-20-8-9-21(2)27(16-20)31(41)29-30(23-11-14-26(15-12-23)44-18-22-6-4-3-5-7-22)40(33(43)32(29)42)34-38-39-35(46-34)45-19-24-10-13-25(36)17-28(24)37/h3-17,30,41H,18-19H2,1-2H3/b31-29+. The van der Waals surface area contributed by atoms with Crippen molar-refractivity contribution in [3.05, 3.63) is 140 Å². The predicted octanol–water partition coefficient (Wildman–Crippen LogP) is 8.96. The maximum Gasteiger partial charge on any atom is 0.301 e. The molecular weight excluding hydrogens is 661 g/mol. The zero-order chi connectivity index (χ0) is 32.4. The van der Waals surface area contributed by atoms with Gasteiger partial charge in [0, 0.05) is 21.4 Å². The van der Waals surface area contributed by atoms with Crippen molar-refractivity contribution in [1.29, 1.82) is 0 Å². The van der Waals surface area contributed by atoms with Gasteiger partial charge in [0.15, 0.2) is 4.34 Å². The largest absolute Gasteiger partial charge is 0.507 e. The smallest absolute Gasteiger partial charge is 0.301 e. The zero-order valence-corrected chi connectivity index (χ0v) is 27.9. The van der Waals surface area contributed by atoms with Crippen molar-refractivity contribution >= 4 is 68.9 Å². The van der Waals surface area contributed by atoms with Crippen molar-refractivity contribution in [3.8, 4) is 5.75 Å². The van der Waals surface area contributed by atoms with E-state index >= 15 is 0 Å². The van der Waals surface area contributed by atoms with Gasteiger partial charge in [-0.2, -0.15) is 0 Å². The third-order valence-corrected chi connectivity index (χ3v) is 10.2. The molecule has 0 bridgehead atoms. The Labute approximate surface area is 284 Å². The van der Waals surface area contributed by atoms with Gasteiger partial charge in [0.05, 0.1) is 11.6 Å². The molecule has 1 saturated heterocycles. The van der Waals surface area contributed by atoms with E-state index in [9.17, 15) is 14.7 Å².